The van der Waals surface area contributed by atoms with Crippen molar-refractivity contribution in [2.45, 2.75) is 34.1 Å². The van der Waals surface area contributed by atoms with E-state index >= 15 is 0 Å². The number of carbonyl (C=O) groups is 1. The van der Waals surface area contributed by atoms with Crippen LogP contribution in [0.5, 0.6) is 0 Å². The average molecular weight is 429 g/mol. The van der Waals surface area contributed by atoms with Crippen LogP contribution in [0.15, 0.2) is 60.2 Å². The van der Waals surface area contributed by atoms with E-state index in [0.717, 1.165) is 23.1 Å². The first-order valence-electron chi connectivity index (χ1n) is 10.1. The van der Waals surface area contributed by atoms with Crippen molar-refractivity contribution in [2.24, 2.45) is 0 Å². The fourth-order valence-corrected chi connectivity index (χ4v) is 3.82. The number of benzene rings is 3. The van der Waals surface area contributed by atoms with Gasteiger partial charge in [0.1, 0.15) is 11.6 Å². The van der Waals surface area contributed by atoms with Gasteiger partial charge in [-0.3, -0.25) is 4.79 Å². The van der Waals surface area contributed by atoms with Crippen molar-refractivity contribution in [1.29, 1.82) is 5.26 Å². The third kappa shape index (κ3) is 5.84. The Morgan fingerprint density at radius 2 is 1.68 bits per heavy atom. The molecule has 0 aromatic heterocycles. The van der Waals surface area contributed by atoms with Crippen molar-refractivity contribution in [2.75, 3.05) is 5.32 Å². The minimum Gasteiger partial charge on any atom is -0.321 e. The molecule has 1 amide bonds. The molecule has 4 heteroatoms. The lowest BCUT2D eigenvalue weighted by Crippen LogP contribution is -2.14. The zero-order chi connectivity index (χ0) is 22.5. The molecule has 0 heterocycles. The summed E-state index contributed by atoms with van der Waals surface area (Å²) < 4.78 is 0. The van der Waals surface area contributed by atoms with Gasteiger partial charge in [0.2, 0.25) is 0 Å². The number of amides is 1. The largest absolute Gasteiger partial charge is 0.321 e. The lowest BCUT2D eigenvalue weighted by atomic mass is 9.99. The number of aryl methyl sites for hydroxylation is 4. The van der Waals surface area contributed by atoms with E-state index in [-0.39, 0.29) is 5.57 Å². The second kappa shape index (κ2) is 9.64. The Labute approximate surface area is 189 Å². The van der Waals surface area contributed by atoms with Crippen LogP contribution in [-0.4, -0.2) is 5.91 Å². The van der Waals surface area contributed by atoms with Crippen molar-refractivity contribution in [3.63, 3.8) is 0 Å². The molecular weight excluding hydrogens is 404 g/mol. The Balaban J connectivity index is 1.81. The molecule has 0 fully saturated rings. The molecule has 31 heavy (non-hydrogen) atoms. The lowest BCUT2D eigenvalue weighted by Gasteiger charge is -2.10. The Hall–Kier alpha value is -3.35. The van der Waals surface area contributed by atoms with Crippen molar-refractivity contribution in [3.05, 3.63) is 104 Å². The molecule has 1 N–H and O–H groups in total. The van der Waals surface area contributed by atoms with E-state index in [1.165, 1.54) is 16.7 Å². The second-order valence-electron chi connectivity index (χ2n) is 7.97. The van der Waals surface area contributed by atoms with Crippen molar-refractivity contribution >= 4 is 29.3 Å². The van der Waals surface area contributed by atoms with E-state index in [2.05, 4.69) is 37.4 Å². The number of nitrogens with one attached hydrogen (secondary N) is 1. The van der Waals surface area contributed by atoms with Gasteiger partial charge in [-0.25, -0.2) is 0 Å². The highest BCUT2D eigenvalue weighted by Gasteiger charge is 2.12. The second-order valence-corrected chi connectivity index (χ2v) is 8.37. The summed E-state index contributed by atoms with van der Waals surface area (Å²) in [6, 6.07) is 19.9. The minimum absolute atomic E-state index is 0.0269. The third-order valence-electron chi connectivity index (χ3n) is 5.07. The number of rotatable bonds is 5. The van der Waals surface area contributed by atoms with Gasteiger partial charge in [0.05, 0.1) is 0 Å². The monoisotopic (exact) mass is 428 g/mol. The lowest BCUT2D eigenvalue weighted by molar-refractivity contribution is -0.112. The number of nitriles is 1. The van der Waals surface area contributed by atoms with Crippen LogP contribution < -0.4 is 5.32 Å². The molecule has 0 aliphatic heterocycles. The van der Waals surface area contributed by atoms with E-state index in [9.17, 15) is 10.1 Å². The van der Waals surface area contributed by atoms with Gasteiger partial charge in [-0.15, -0.1) is 0 Å². The smallest absolute Gasteiger partial charge is 0.266 e. The normalized spacial score (nSPS) is 11.2. The van der Waals surface area contributed by atoms with Crippen LogP contribution in [0.25, 0.3) is 6.08 Å². The maximum Gasteiger partial charge on any atom is 0.266 e. The Kier molecular flexibility index (Phi) is 6.95. The number of anilines is 1. The molecule has 0 spiro atoms. The molecule has 0 aliphatic rings. The van der Waals surface area contributed by atoms with Crippen molar-refractivity contribution in [3.8, 4) is 6.07 Å². The molecule has 0 saturated carbocycles. The highest BCUT2D eigenvalue weighted by atomic mass is 35.5. The predicted octanol–water partition coefficient (Wildman–Crippen LogP) is 6.71. The molecule has 0 radical (unpaired) electrons. The summed E-state index contributed by atoms with van der Waals surface area (Å²) in [5.41, 5.74) is 8.06. The number of hydrogen-bond donors (Lipinski definition) is 1. The molecule has 0 saturated heterocycles. The average Bonchev–Trinajstić information content (AvgIpc) is 2.70. The topological polar surface area (TPSA) is 52.9 Å². The molecule has 0 unspecified atom stereocenters. The first kappa shape index (κ1) is 22.3. The molecule has 0 atom stereocenters. The molecule has 3 rings (SSSR count). The van der Waals surface area contributed by atoms with Gasteiger partial charge >= 0.3 is 0 Å². The highest BCUT2D eigenvalue weighted by molar-refractivity contribution is 6.31. The first-order valence-corrected chi connectivity index (χ1v) is 10.5. The van der Waals surface area contributed by atoms with Gasteiger partial charge in [0.25, 0.3) is 5.91 Å². The van der Waals surface area contributed by atoms with E-state index in [1.807, 2.05) is 50.2 Å². The van der Waals surface area contributed by atoms with Crippen LogP contribution in [-0.2, 0) is 11.2 Å². The van der Waals surface area contributed by atoms with Crippen LogP contribution in [0.2, 0.25) is 5.02 Å². The van der Waals surface area contributed by atoms with Gasteiger partial charge in [0.15, 0.2) is 0 Å². The summed E-state index contributed by atoms with van der Waals surface area (Å²) >= 11 is 6.52. The van der Waals surface area contributed by atoms with Crippen LogP contribution in [0, 0.1) is 39.0 Å². The molecule has 3 nitrogen and oxygen atoms in total. The van der Waals surface area contributed by atoms with Crippen molar-refractivity contribution in [1.82, 2.24) is 0 Å². The summed E-state index contributed by atoms with van der Waals surface area (Å²) in [5, 5.41) is 13.0. The predicted molar refractivity (Wildman–Crippen MR) is 128 cm³/mol. The highest BCUT2D eigenvalue weighted by Crippen LogP contribution is 2.24. The standard InChI is InChI=1S/C27H25ClN2O/c1-17-5-6-20(4)26(12-17)30-27(31)24(16-29)13-21-7-8-23(25(28)15-21)14-22-10-18(2)9-19(3)11-22/h5-13,15H,14H2,1-4H3,(H,30,31)/b24-13+. The molecule has 0 bridgehead atoms. The van der Waals surface area contributed by atoms with Crippen LogP contribution in [0.4, 0.5) is 5.69 Å². The van der Waals surface area contributed by atoms with E-state index in [1.54, 1.807) is 12.1 Å². The Morgan fingerprint density at radius 1 is 0.968 bits per heavy atom. The minimum atomic E-state index is -0.438. The van der Waals surface area contributed by atoms with Crippen molar-refractivity contribution < 1.29 is 4.79 Å². The summed E-state index contributed by atoms with van der Waals surface area (Å²) in [4.78, 5) is 12.6. The molecule has 156 valence electrons. The third-order valence-corrected chi connectivity index (χ3v) is 5.42. The maximum atomic E-state index is 12.6. The SMILES string of the molecule is Cc1cc(C)cc(Cc2ccc(/C=C(\C#N)C(=O)Nc3cc(C)ccc3C)cc2Cl)c1. The fraction of sp³-hybridized carbons (Fsp3) is 0.185. The zero-order valence-corrected chi connectivity index (χ0v) is 19.0. The van der Waals surface area contributed by atoms with Gasteiger partial charge in [0, 0.05) is 10.7 Å². The molecular formula is C27H25ClN2O. The van der Waals surface area contributed by atoms with Gasteiger partial charge in [-0.05, 0) is 80.1 Å². The Bertz CT molecular complexity index is 1200. The quantitative estimate of drug-likeness (QED) is 0.362. The van der Waals surface area contributed by atoms with E-state index in [4.69, 9.17) is 11.6 Å². The molecule has 3 aromatic rings. The summed E-state index contributed by atoms with van der Waals surface area (Å²) in [5.74, 6) is -0.438. The van der Waals surface area contributed by atoms with Crippen LogP contribution in [0.3, 0.4) is 0 Å². The summed E-state index contributed by atoms with van der Waals surface area (Å²) in [6.07, 6.45) is 2.29. The molecule has 3 aromatic carbocycles. The Morgan fingerprint density at radius 3 is 2.32 bits per heavy atom. The van der Waals surface area contributed by atoms with Crippen LogP contribution >= 0.6 is 11.6 Å². The van der Waals surface area contributed by atoms with Crippen LogP contribution in [0.1, 0.15) is 38.9 Å². The van der Waals surface area contributed by atoms with Gasteiger partial charge in [-0.1, -0.05) is 65.2 Å². The number of hydrogen-bond acceptors (Lipinski definition) is 2. The van der Waals surface area contributed by atoms with Gasteiger partial charge in [-0.2, -0.15) is 5.26 Å². The fourth-order valence-electron chi connectivity index (χ4n) is 3.56. The van der Waals surface area contributed by atoms with E-state index < -0.39 is 5.91 Å². The number of halogens is 1. The molecule has 0 aliphatic carbocycles. The number of carbonyl (C=O) groups excluding carboxylic acids is 1. The van der Waals surface area contributed by atoms with E-state index in [0.29, 0.717) is 16.3 Å². The summed E-state index contributed by atoms with van der Waals surface area (Å²) in [7, 11) is 0. The number of nitrogens with zero attached hydrogens (tertiary/aromatic N) is 1. The zero-order valence-electron chi connectivity index (χ0n) is 18.2. The first-order chi connectivity index (χ1) is 14.7. The van der Waals surface area contributed by atoms with Gasteiger partial charge < -0.3 is 5.32 Å². The maximum absolute atomic E-state index is 12.6. The summed E-state index contributed by atoms with van der Waals surface area (Å²) in [6.45, 7) is 8.04.